The van der Waals surface area contributed by atoms with Gasteiger partial charge in [-0.25, -0.2) is 13.1 Å². The Labute approximate surface area is 130 Å². The van der Waals surface area contributed by atoms with E-state index in [9.17, 15) is 8.42 Å². The summed E-state index contributed by atoms with van der Waals surface area (Å²) in [5.41, 5.74) is 6.69. The lowest BCUT2D eigenvalue weighted by atomic mass is 10.1. The van der Waals surface area contributed by atoms with E-state index in [4.69, 9.17) is 5.73 Å². The summed E-state index contributed by atoms with van der Waals surface area (Å²) < 4.78 is 27.6. The molecule has 0 spiro atoms. The lowest BCUT2D eigenvalue weighted by Crippen LogP contribution is -2.27. The van der Waals surface area contributed by atoms with Crippen molar-refractivity contribution in [3.8, 4) is 0 Å². The van der Waals surface area contributed by atoms with Crippen molar-refractivity contribution in [3.05, 3.63) is 52.2 Å². The molecule has 1 aromatic carbocycles. The number of sulfonamides is 1. The molecule has 3 N–H and O–H groups in total. The van der Waals surface area contributed by atoms with Crippen molar-refractivity contribution in [3.63, 3.8) is 0 Å². The molecule has 0 saturated carbocycles. The van der Waals surface area contributed by atoms with Gasteiger partial charge in [-0.1, -0.05) is 25.1 Å². The number of hydrogen-bond donors (Lipinski definition) is 2. The number of hydrogen-bond acceptors (Lipinski definition) is 4. The minimum Gasteiger partial charge on any atom is -0.324 e. The van der Waals surface area contributed by atoms with Crippen molar-refractivity contribution < 1.29 is 8.42 Å². The number of nitrogens with one attached hydrogen (secondary N) is 1. The number of nitrogens with two attached hydrogens (primary N) is 1. The van der Waals surface area contributed by atoms with Crippen molar-refractivity contribution in [1.82, 2.24) is 4.72 Å². The Bertz CT molecular complexity index is 662. The van der Waals surface area contributed by atoms with Crippen LogP contribution in [0.4, 0.5) is 0 Å². The molecule has 0 bridgehead atoms. The van der Waals surface area contributed by atoms with Crippen LogP contribution in [0.3, 0.4) is 0 Å². The largest absolute Gasteiger partial charge is 0.324 e. The van der Waals surface area contributed by atoms with Crippen LogP contribution in [-0.2, 0) is 10.0 Å². The van der Waals surface area contributed by atoms with E-state index >= 15 is 0 Å². The first-order chi connectivity index (χ1) is 9.94. The monoisotopic (exact) mass is 324 g/mol. The standard InChI is InChI=1S/C15H20N2O2S2/c1-3-14(15-5-4-10-20-15)17-21(18,19)13-8-6-12(7-9-13)11(2)16/h4-11,14,17H,3,16H2,1-2H3. The lowest BCUT2D eigenvalue weighted by molar-refractivity contribution is 0.553. The van der Waals surface area contributed by atoms with Crippen molar-refractivity contribution in [2.24, 2.45) is 5.73 Å². The Balaban J connectivity index is 2.21. The normalized spacial score (nSPS) is 14.8. The average molecular weight is 324 g/mol. The Morgan fingerprint density at radius 1 is 1.24 bits per heavy atom. The zero-order valence-corrected chi connectivity index (χ0v) is 13.7. The molecule has 0 aliphatic carbocycles. The van der Waals surface area contributed by atoms with Crippen molar-refractivity contribution in [1.29, 1.82) is 0 Å². The highest BCUT2D eigenvalue weighted by molar-refractivity contribution is 7.89. The van der Waals surface area contributed by atoms with Crippen LogP contribution in [0, 0.1) is 0 Å². The summed E-state index contributed by atoms with van der Waals surface area (Å²) in [7, 11) is -3.52. The molecule has 2 aromatic rings. The number of benzene rings is 1. The van der Waals surface area contributed by atoms with Gasteiger partial charge in [0.15, 0.2) is 0 Å². The quantitative estimate of drug-likeness (QED) is 0.857. The van der Waals surface area contributed by atoms with Gasteiger partial charge in [-0.05, 0) is 42.5 Å². The third-order valence-electron chi connectivity index (χ3n) is 3.31. The molecule has 2 unspecified atom stereocenters. The van der Waals surface area contributed by atoms with E-state index < -0.39 is 10.0 Å². The predicted octanol–water partition coefficient (Wildman–Crippen LogP) is 3.20. The minimum atomic E-state index is -3.52. The Kier molecular flexibility index (Phi) is 5.16. The van der Waals surface area contributed by atoms with E-state index in [1.807, 2.05) is 31.4 Å². The molecular weight excluding hydrogens is 304 g/mol. The molecule has 1 heterocycles. The predicted molar refractivity (Wildman–Crippen MR) is 86.7 cm³/mol. The van der Waals surface area contributed by atoms with Crippen LogP contribution in [0.15, 0.2) is 46.7 Å². The molecule has 0 radical (unpaired) electrons. The van der Waals surface area contributed by atoms with Gasteiger partial charge in [-0.2, -0.15) is 0 Å². The van der Waals surface area contributed by atoms with Crippen LogP contribution in [0.2, 0.25) is 0 Å². The van der Waals surface area contributed by atoms with E-state index in [0.717, 1.165) is 10.4 Å². The van der Waals surface area contributed by atoms with Gasteiger partial charge in [0.2, 0.25) is 10.0 Å². The second-order valence-corrected chi connectivity index (χ2v) is 7.65. The third-order valence-corrected chi connectivity index (χ3v) is 5.78. The van der Waals surface area contributed by atoms with Crippen molar-refractivity contribution in [2.75, 3.05) is 0 Å². The van der Waals surface area contributed by atoms with E-state index in [1.165, 1.54) is 0 Å². The fourth-order valence-electron chi connectivity index (χ4n) is 2.04. The molecule has 0 fully saturated rings. The molecule has 0 amide bonds. The first kappa shape index (κ1) is 16.2. The molecule has 4 nitrogen and oxygen atoms in total. The summed E-state index contributed by atoms with van der Waals surface area (Å²) in [5.74, 6) is 0. The number of rotatable bonds is 6. The lowest BCUT2D eigenvalue weighted by Gasteiger charge is -2.16. The highest BCUT2D eigenvalue weighted by atomic mass is 32.2. The van der Waals surface area contributed by atoms with Gasteiger partial charge in [0.25, 0.3) is 0 Å². The second-order valence-electron chi connectivity index (χ2n) is 4.96. The summed E-state index contributed by atoms with van der Waals surface area (Å²) in [5, 5.41) is 1.95. The molecule has 114 valence electrons. The van der Waals surface area contributed by atoms with Crippen LogP contribution in [0.5, 0.6) is 0 Å². The third kappa shape index (κ3) is 3.91. The van der Waals surface area contributed by atoms with E-state index in [-0.39, 0.29) is 17.0 Å². The fraction of sp³-hybridized carbons (Fsp3) is 0.333. The Hall–Kier alpha value is -1.21. The van der Waals surface area contributed by atoms with Gasteiger partial charge in [0.05, 0.1) is 10.9 Å². The highest BCUT2D eigenvalue weighted by Gasteiger charge is 2.20. The zero-order chi connectivity index (χ0) is 15.5. The van der Waals surface area contributed by atoms with Crippen molar-refractivity contribution in [2.45, 2.75) is 37.2 Å². The number of thiophene rings is 1. The van der Waals surface area contributed by atoms with Gasteiger partial charge >= 0.3 is 0 Å². The summed E-state index contributed by atoms with van der Waals surface area (Å²) in [4.78, 5) is 1.29. The first-order valence-electron chi connectivity index (χ1n) is 6.85. The summed E-state index contributed by atoms with van der Waals surface area (Å²) >= 11 is 1.55. The summed E-state index contributed by atoms with van der Waals surface area (Å²) in [6.07, 6.45) is 0.706. The van der Waals surface area contributed by atoms with Crippen LogP contribution in [-0.4, -0.2) is 8.42 Å². The van der Waals surface area contributed by atoms with Crippen LogP contribution in [0.25, 0.3) is 0 Å². The maximum absolute atomic E-state index is 12.4. The topological polar surface area (TPSA) is 72.2 Å². The zero-order valence-electron chi connectivity index (χ0n) is 12.1. The van der Waals surface area contributed by atoms with E-state index in [0.29, 0.717) is 6.42 Å². The van der Waals surface area contributed by atoms with Gasteiger partial charge < -0.3 is 5.73 Å². The maximum atomic E-state index is 12.4. The fourth-order valence-corrected chi connectivity index (χ4v) is 4.27. The SMILES string of the molecule is CCC(NS(=O)(=O)c1ccc(C(C)N)cc1)c1cccs1. The summed E-state index contributed by atoms with van der Waals surface area (Å²) in [6, 6.07) is 10.3. The second kappa shape index (κ2) is 6.70. The molecule has 1 aromatic heterocycles. The molecule has 0 aliphatic heterocycles. The van der Waals surface area contributed by atoms with Gasteiger partial charge in [-0.3, -0.25) is 0 Å². The Morgan fingerprint density at radius 2 is 1.90 bits per heavy atom. The maximum Gasteiger partial charge on any atom is 0.241 e. The molecular formula is C15H20N2O2S2. The van der Waals surface area contributed by atoms with E-state index in [1.54, 1.807) is 35.6 Å². The van der Waals surface area contributed by atoms with E-state index in [2.05, 4.69) is 4.72 Å². The average Bonchev–Trinajstić information content (AvgIpc) is 2.99. The van der Waals surface area contributed by atoms with Crippen LogP contribution >= 0.6 is 11.3 Å². The van der Waals surface area contributed by atoms with Crippen molar-refractivity contribution >= 4 is 21.4 Å². The molecule has 21 heavy (non-hydrogen) atoms. The van der Waals surface area contributed by atoms with Gasteiger partial charge in [0, 0.05) is 10.9 Å². The molecule has 6 heteroatoms. The molecule has 2 atom stereocenters. The molecule has 0 saturated heterocycles. The summed E-state index contributed by atoms with van der Waals surface area (Å²) in [6.45, 7) is 3.83. The smallest absolute Gasteiger partial charge is 0.241 e. The first-order valence-corrected chi connectivity index (χ1v) is 9.21. The molecule has 2 rings (SSSR count). The minimum absolute atomic E-state index is 0.107. The highest BCUT2D eigenvalue weighted by Crippen LogP contribution is 2.24. The van der Waals surface area contributed by atoms with Crippen LogP contribution in [0.1, 0.15) is 42.8 Å². The van der Waals surface area contributed by atoms with Gasteiger partial charge in [0.1, 0.15) is 0 Å². The van der Waals surface area contributed by atoms with Gasteiger partial charge in [-0.15, -0.1) is 11.3 Å². The molecule has 0 aliphatic rings. The van der Waals surface area contributed by atoms with Crippen LogP contribution < -0.4 is 10.5 Å². The Morgan fingerprint density at radius 3 is 2.38 bits per heavy atom.